The van der Waals surface area contributed by atoms with Crippen LogP contribution >= 0.6 is 0 Å². The molecule has 1 aliphatic carbocycles. The molecular weight excluding hydrogens is 290 g/mol. The molecule has 2 N–H and O–H groups in total. The van der Waals surface area contributed by atoms with E-state index in [9.17, 15) is 4.79 Å². The zero-order chi connectivity index (χ0) is 16.2. The number of H-pyrrole nitrogens is 1. The third kappa shape index (κ3) is 4.12. The van der Waals surface area contributed by atoms with Crippen LogP contribution in [0.25, 0.3) is 0 Å². The number of aromatic amines is 1. The average Bonchev–Trinajstić information content (AvgIpc) is 3.14. The Morgan fingerprint density at radius 2 is 2.17 bits per heavy atom. The molecule has 1 heterocycles. The van der Waals surface area contributed by atoms with Crippen molar-refractivity contribution in [2.24, 2.45) is 5.92 Å². The molecule has 0 saturated heterocycles. The molecule has 1 fully saturated rings. The van der Waals surface area contributed by atoms with Gasteiger partial charge in [-0.15, -0.1) is 0 Å². The van der Waals surface area contributed by atoms with Crippen LogP contribution in [-0.2, 0) is 11.2 Å². The van der Waals surface area contributed by atoms with Crippen LogP contribution in [0.3, 0.4) is 0 Å². The predicted molar refractivity (Wildman–Crippen MR) is 88.4 cm³/mol. The minimum atomic E-state index is 0.0947. The molecule has 2 atom stereocenters. The number of amides is 1. The first-order valence-electron chi connectivity index (χ1n) is 8.15. The van der Waals surface area contributed by atoms with Crippen LogP contribution in [0.4, 0.5) is 0 Å². The molecule has 0 spiro atoms. The highest BCUT2D eigenvalue weighted by molar-refractivity contribution is 5.82. The van der Waals surface area contributed by atoms with Gasteiger partial charge < -0.3 is 15.0 Å². The molecule has 0 aliphatic heterocycles. The molecule has 1 aliphatic rings. The van der Waals surface area contributed by atoms with Crippen molar-refractivity contribution in [3.05, 3.63) is 48.0 Å². The van der Waals surface area contributed by atoms with Crippen LogP contribution < -0.4 is 10.1 Å². The van der Waals surface area contributed by atoms with Gasteiger partial charge in [0.2, 0.25) is 5.91 Å². The largest absolute Gasteiger partial charge is 0.491 e. The van der Waals surface area contributed by atoms with Gasteiger partial charge in [0.15, 0.2) is 0 Å². The van der Waals surface area contributed by atoms with Gasteiger partial charge >= 0.3 is 0 Å². The second-order valence-corrected chi connectivity index (χ2v) is 6.31. The molecule has 1 aromatic heterocycles. The molecule has 1 saturated carbocycles. The van der Waals surface area contributed by atoms with Crippen LogP contribution in [0.15, 0.2) is 36.8 Å². The number of carbonyl (C=O) groups is 1. The fraction of sp³-hybridized carbons (Fsp3) is 0.444. The number of ether oxygens (including phenoxy) is 1. The zero-order valence-corrected chi connectivity index (χ0v) is 13.6. The summed E-state index contributed by atoms with van der Waals surface area (Å²) in [6.07, 6.45) is 5.39. The van der Waals surface area contributed by atoms with E-state index in [0.29, 0.717) is 12.5 Å². The summed E-state index contributed by atoms with van der Waals surface area (Å²) < 4.78 is 5.62. The van der Waals surface area contributed by atoms with Gasteiger partial charge in [0.1, 0.15) is 5.75 Å². The number of benzene rings is 1. The number of nitrogens with one attached hydrogen (secondary N) is 2. The molecule has 5 nitrogen and oxygen atoms in total. The number of hydrogen-bond acceptors (Lipinski definition) is 3. The van der Waals surface area contributed by atoms with Gasteiger partial charge in [-0.25, -0.2) is 4.98 Å². The summed E-state index contributed by atoms with van der Waals surface area (Å²) in [6.45, 7) is 4.69. The van der Waals surface area contributed by atoms with Crippen LogP contribution in [0, 0.1) is 5.92 Å². The topological polar surface area (TPSA) is 67.0 Å². The van der Waals surface area contributed by atoms with Crippen LogP contribution in [0.5, 0.6) is 5.75 Å². The molecule has 0 radical (unpaired) electrons. The van der Waals surface area contributed by atoms with E-state index in [0.717, 1.165) is 24.3 Å². The van der Waals surface area contributed by atoms with Gasteiger partial charge in [-0.2, -0.15) is 0 Å². The monoisotopic (exact) mass is 313 g/mol. The number of aromatic nitrogens is 2. The highest BCUT2D eigenvalue weighted by Crippen LogP contribution is 2.46. The lowest BCUT2D eigenvalue weighted by Crippen LogP contribution is -2.27. The maximum atomic E-state index is 12.1. The Bertz CT molecular complexity index is 635. The maximum Gasteiger partial charge on any atom is 0.223 e. The number of hydrogen-bond donors (Lipinski definition) is 2. The quantitative estimate of drug-likeness (QED) is 0.826. The SMILES string of the molecule is CC(C)Oc1ccc(CCNC(=O)[C@@H]2C[C@H]2c2cnc[nH]2)cc1. The molecule has 3 rings (SSSR count). The molecule has 23 heavy (non-hydrogen) atoms. The Balaban J connectivity index is 1.40. The van der Waals surface area contributed by atoms with Crippen molar-refractivity contribution in [1.82, 2.24) is 15.3 Å². The van der Waals surface area contributed by atoms with Gasteiger partial charge in [-0.1, -0.05) is 12.1 Å². The van der Waals surface area contributed by atoms with Crippen LogP contribution in [0.2, 0.25) is 0 Å². The summed E-state index contributed by atoms with van der Waals surface area (Å²) in [5.41, 5.74) is 2.26. The number of rotatable bonds is 7. The van der Waals surface area contributed by atoms with Crippen molar-refractivity contribution < 1.29 is 9.53 Å². The predicted octanol–water partition coefficient (Wildman–Crippen LogP) is 2.66. The minimum absolute atomic E-state index is 0.0947. The first-order valence-corrected chi connectivity index (χ1v) is 8.15. The van der Waals surface area contributed by atoms with Gasteiger partial charge in [-0.05, 0) is 44.4 Å². The highest BCUT2D eigenvalue weighted by Gasteiger charge is 2.44. The highest BCUT2D eigenvalue weighted by atomic mass is 16.5. The van der Waals surface area contributed by atoms with Crippen LogP contribution in [-0.4, -0.2) is 28.5 Å². The van der Waals surface area contributed by atoms with E-state index in [-0.39, 0.29) is 17.9 Å². The lowest BCUT2D eigenvalue weighted by Gasteiger charge is -2.10. The Morgan fingerprint density at radius 1 is 1.39 bits per heavy atom. The smallest absolute Gasteiger partial charge is 0.223 e. The molecule has 0 bridgehead atoms. The molecule has 2 aromatic rings. The molecule has 1 amide bonds. The normalized spacial score (nSPS) is 19.6. The average molecular weight is 313 g/mol. The standard InChI is InChI=1S/C18H23N3O2/c1-12(2)23-14-5-3-13(4-6-14)7-8-20-18(22)16-9-15(16)17-10-19-11-21-17/h3-6,10-12,15-16H,7-9H2,1-2H3,(H,19,21)(H,20,22)/t15-,16-/m1/s1. The van der Waals surface area contributed by atoms with Crippen molar-refractivity contribution in [1.29, 1.82) is 0 Å². The van der Waals surface area contributed by atoms with Gasteiger partial charge in [0.05, 0.1) is 12.4 Å². The van der Waals surface area contributed by atoms with E-state index < -0.39 is 0 Å². The molecule has 0 unspecified atom stereocenters. The van der Waals surface area contributed by atoms with E-state index in [4.69, 9.17) is 4.74 Å². The Kier molecular flexibility index (Phi) is 4.65. The van der Waals surface area contributed by atoms with Crippen molar-refractivity contribution in [3.8, 4) is 5.75 Å². The minimum Gasteiger partial charge on any atom is -0.491 e. The van der Waals surface area contributed by atoms with E-state index in [1.54, 1.807) is 12.5 Å². The lowest BCUT2D eigenvalue weighted by atomic mass is 10.1. The molecular formula is C18H23N3O2. The summed E-state index contributed by atoms with van der Waals surface area (Å²) >= 11 is 0. The second-order valence-electron chi connectivity index (χ2n) is 6.31. The maximum absolute atomic E-state index is 12.1. The third-order valence-electron chi connectivity index (χ3n) is 4.05. The van der Waals surface area contributed by atoms with E-state index >= 15 is 0 Å². The van der Waals surface area contributed by atoms with Crippen molar-refractivity contribution in [2.75, 3.05) is 6.54 Å². The Labute approximate surface area is 136 Å². The van der Waals surface area contributed by atoms with E-state index in [1.165, 1.54) is 5.56 Å². The first-order chi connectivity index (χ1) is 11.1. The third-order valence-corrected chi connectivity index (χ3v) is 4.05. The summed E-state index contributed by atoms with van der Waals surface area (Å²) in [6, 6.07) is 8.06. The van der Waals surface area contributed by atoms with Crippen molar-refractivity contribution >= 4 is 5.91 Å². The Morgan fingerprint density at radius 3 is 2.83 bits per heavy atom. The van der Waals surface area contributed by atoms with Gasteiger partial charge in [0, 0.05) is 30.3 Å². The number of carbonyl (C=O) groups excluding carboxylic acids is 1. The summed E-state index contributed by atoms with van der Waals surface area (Å²) in [5.74, 6) is 1.43. The Hall–Kier alpha value is -2.30. The second kappa shape index (κ2) is 6.86. The summed E-state index contributed by atoms with van der Waals surface area (Å²) in [5, 5.41) is 3.03. The van der Waals surface area contributed by atoms with Crippen LogP contribution in [0.1, 0.15) is 37.4 Å². The van der Waals surface area contributed by atoms with Gasteiger partial charge in [0.25, 0.3) is 0 Å². The summed E-state index contributed by atoms with van der Waals surface area (Å²) in [7, 11) is 0. The molecule has 5 heteroatoms. The van der Waals surface area contributed by atoms with Crippen molar-refractivity contribution in [3.63, 3.8) is 0 Å². The lowest BCUT2D eigenvalue weighted by molar-refractivity contribution is -0.122. The van der Waals surface area contributed by atoms with Gasteiger partial charge in [-0.3, -0.25) is 4.79 Å². The number of imidazole rings is 1. The molecule has 122 valence electrons. The first kappa shape index (κ1) is 15.6. The fourth-order valence-electron chi connectivity index (χ4n) is 2.77. The molecule has 1 aromatic carbocycles. The number of nitrogens with zero attached hydrogens (tertiary/aromatic N) is 1. The summed E-state index contributed by atoms with van der Waals surface area (Å²) in [4.78, 5) is 19.2. The van der Waals surface area contributed by atoms with Crippen molar-refractivity contribution in [2.45, 2.75) is 38.7 Å². The fourth-order valence-corrected chi connectivity index (χ4v) is 2.77. The van der Waals surface area contributed by atoms with E-state index in [1.807, 2.05) is 38.1 Å². The zero-order valence-electron chi connectivity index (χ0n) is 13.6. The van der Waals surface area contributed by atoms with E-state index in [2.05, 4.69) is 15.3 Å².